The van der Waals surface area contributed by atoms with Crippen molar-refractivity contribution < 1.29 is 9.47 Å². The zero-order valence-electron chi connectivity index (χ0n) is 9.78. The summed E-state index contributed by atoms with van der Waals surface area (Å²) in [6, 6.07) is 6.25. The van der Waals surface area contributed by atoms with Crippen LogP contribution in [0.3, 0.4) is 0 Å². The van der Waals surface area contributed by atoms with Gasteiger partial charge in [0.1, 0.15) is 17.9 Å². The molecule has 2 N–H and O–H groups in total. The molecule has 1 aromatic rings. The molecule has 1 unspecified atom stereocenters. The largest absolute Gasteiger partial charge is 0.496 e. The molecule has 4 heteroatoms. The molecule has 86 valence electrons. The molecule has 0 fully saturated rings. The van der Waals surface area contributed by atoms with E-state index in [9.17, 15) is 0 Å². The van der Waals surface area contributed by atoms with Gasteiger partial charge < -0.3 is 15.2 Å². The summed E-state index contributed by atoms with van der Waals surface area (Å²) < 4.78 is 10.6. The van der Waals surface area contributed by atoms with Crippen molar-refractivity contribution in [3.63, 3.8) is 0 Å². The van der Waals surface area contributed by atoms with Gasteiger partial charge in [-0.15, -0.1) is 0 Å². The van der Waals surface area contributed by atoms with Crippen LogP contribution in [0.2, 0.25) is 0 Å². The van der Waals surface area contributed by atoms with E-state index < -0.39 is 5.54 Å². The van der Waals surface area contributed by atoms with Gasteiger partial charge in [-0.1, -0.05) is 11.6 Å². The minimum Gasteiger partial charge on any atom is -0.496 e. The van der Waals surface area contributed by atoms with Crippen LogP contribution in [0, 0.1) is 6.92 Å². The van der Waals surface area contributed by atoms with Crippen molar-refractivity contribution in [2.24, 2.45) is 10.7 Å². The molecule has 0 amide bonds. The molecule has 4 nitrogen and oxygen atoms in total. The van der Waals surface area contributed by atoms with Crippen LogP contribution < -0.4 is 10.5 Å². The number of hydrogen-bond acceptors (Lipinski definition) is 4. The van der Waals surface area contributed by atoms with E-state index in [0.29, 0.717) is 6.61 Å². The monoisotopic (exact) mass is 220 g/mol. The predicted molar refractivity (Wildman–Crippen MR) is 62.7 cm³/mol. The topological polar surface area (TPSA) is 56.8 Å². The standard InChI is InChI=1S/C12H16N2O2/c1-8-4-5-10(15-3)9(6-8)12(2)7-16-11(13)14-12/h4-6H,7H2,1-3H3,(H2,13,14). The fraction of sp³-hybridized carbons (Fsp3) is 0.417. The summed E-state index contributed by atoms with van der Waals surface area (Å²) in [4.78, 5) is 4.33. The lowest BCUT2D eigenvalue weighted by Gasteiger charge is -2.21. The van der Waals surface area contributed by atoms with Gasteiger partial charge in [-0.3, -0.25) is 0 Å². The molecule has 0 saturated carbocycles. The number of amidine groups is 1. The van der Waals surface area contributed by atoms with E-state index in [1.807, 2.05) is 26.0 Å². The van der Waals surface area contributed by atoms with Crippen LogP contribution in [0.15, 0.2) is 23.2 Å². The molecule has 1 atom stereocenters. The molecule has 1 heterocycles. The number of rotatable bonds is 2. The highest BCUT2D eigenvalue weighted by molar-refractivity contribution is 5.74. The maximum absolute atomic E-state index is 5.56. The van der Waals surface area contributed by atoms with E-state index >= 15 is 0 Å². The van der Waals surface area contributed by atoms with Crippen LogP contribution in [-0.2, 0) is 10.3 Å². The lowest BCUT2D eigenvalue weighted by molar-refractivity contribution is 0.261. The Bertz CT molecular complexity index is 443. The van der Waals surface area contributed by atoms with Gasteiger partial charge in [0.05, 0.1) is 7.11 Å². The first-order valence-electron chi connectivity index (χ1n) is 5.18. The molecule has 0 aromatic heterocycles. The third-order valence-corrected chi connectivity index (χ3v) is 2.79. The fourth-order valence-electron chi connectivity index (χ4n) is 1.90. The summed E-state index contributed by atoms with van der Waals surface area (Å²) in [7, 11) is 1.65. The Balaban J connectivity index is 2.50. The van der Waals surface area contributed by atoms with E-state index in [4.69, 9.17) is 15.2 Å². The molecule has 16 heavy (non-hydrogen) atoms. The van der Waals surface area contributed by atoms with Gasteiger partial charge in [0.25, 0.3) is 6.02 Å². The Morgan fingerprint density at radius 3 is 2.81 bits per heavy atom. The smallest absolute Gasteiger partial charge is 0.283 e. The first-order valence-corrected chi connectivity index (χ1v) is 5.18. The molecule has 1 aliphatic heterocycles. The fourth-order valence-corrected chi connectivity index (χ4v) is 1.90. The number of benzene rings is 1. The molecule has 2 rings (SSSR count). The predicted octanol–water partition coefficient (Wildman–Crippen LogP) is 1.56. The lowest BCUT2D eigenvalue weighted by atomic mass is 9.92. The average molecular weight is 220 g/mol. The van der Waals surface area contributed by atoms with Crippen LogP contribution >= 0.6 is 0 Å². The van der Waals surface area contributed by atoms with Gasteiger partial charge in [-0.25, -0.2) is 4.99 Å². The Morgan fingerprint density at radius 1 is 1.50 bits per heavy atom. The summed E-state index contributed by atoms with van der Waals surface area (Å²) in [5.41, 5.74) is 7.30. The van der Waals surface area contributed by atoms with E-state index in [2.05, 4.69) is 11.1 Å². The first kappa shape index (κ1) is 10.8. The molecular weight excluding hydrogens is 204 g/mol. The maximum atomic E-state index is 5.56. The van der Waals surface area contributed by atoms with E-state index in [1.54, 1.807) is 7.11 Å². The van der Waals surface area contributed by atoms with Gasteiger partial charge >= 0.3 is 0 Å². The number of aliphatic imine (C=N–C) groups is 1. The zero-order chi connectivity index (χ0) is 11.8. The number of hydrogen-bond donors (Lipinski definition) is 1. The minimum atomic E-state index is -0.443. The number of nitrogens with two attached hydrogens (primary N) is 1. The van der Waals surface area contributed by atoms with Gasteiger partial charge in [0, 0.05) is 5.56 Å². The normalized spacial score (nSPS) is 23.8. The summed E-state index contributed by atoms with van der Waals surface area (Å²) in [5.74, 6) is 0.815. The van der Waals surface area contributed by atoms with Gasteiger partial charge in [-0.05, 0) is 26.0 Å². The zero-order valence-corrected chi connectivity index (χ0v) is 9.78. The SMILES string of the molecule is COc1ccc(C)cc1C1(C)COC(N)=N1. The molecule has 0 bridgehead atoms. The van der Waals surface area contributed by atoms with Crippen LogP contribution in [-0.4, -0.2) is 19.7 Å². The second kappa shape index (κ2) is 3.70. The summed E-state index contributed by atoms with van der Waals surface area (Å²) >= 11 is 0. The van der Waals surface area contributed by atoms with Gasteiger partial charge in [0.2, 0.25) is 0 Å². The molecule has 0 aliphatic carbocycles. The number of ether oxygens (including phenoxy) is 2. The quantitative estimate of drug-likeness (QED) is 0.823. The van der Waals surface area contributed by atoms with Crippen LogP contribution in [0.25, 0.3) is 0 Å². The van der Waals surface area contributed by atoms with Gasteiger partial charge in [0.15, 0.2) is 0 Å². The third kappa shape index (κ3) is 1.71. The van der Waals surface area contributed by atoms with Crippen molar-refractivity contribution in [2.45, 2.75) is 19.4 Å². The van der Waals surface area contributed by atoms with Crippen molar-refractivity contribution in [3.8, 4) is 5.75 Å². The van der Waals surface area contributed by atoms with Gasteiger partial charge in [-0.2, -0.15) is 0 Å². The summed E-state index contributed by atoms with van der Waals surface area (Å²) in [6.45, 7) is 4.48. The molecular formula is C12H16N2O2. The van der Waals surface area contributed by atoms with Crippen LogP contribution in [0.1, 0.15) is 18.1 Å². The van der Waals surface area contributed by atoms with Crippen molar-refractivity contribution in [2.75, 3.05) is 13.7 Å². The van der Waals surface area contributed by atoms with E-state index in [1.165, 1.54) is 0 Å². The highest BCUT2D eigenvalue weighted by Crippen LogP contribution is 2.36. The molecule has 0 spiro atoms. The Morgan fingerprint density at radius 2 is 2.25 bits per heavy atom. The Hall–Kier alpha value is -1.71. The average Bonchev–Trinajstić information content (AvgIpc) is 2.60. The summed E-state index contributed by atoms with van der Waals surface area (Å²) in [6.07, 6.45) is 0. The van der Waals surface area contributed by atoms with Crippen molar-refractivity contribution in [3.05, 3.63) is 29.3 Å². The van der Waals surface area contributed by atoms with E-state index in [0.717, 1.165) is 16.9 Å². The maximum Gasteiger partial charge on any atom is 0.283 e. The molecule has 0 radical (unpaired) electrons. The Kier molecular flexibility index (Phi) is 2.50. The number of nitrogens with zero attached hydrogens (tertiary/aromatic N) is 1. The second-order valence-electron chi connectivity index (χ2n) is 4.22. The minimum absolute atomic E-state index is 0.242. The third-order valence-electron chi connectivity index (χ3n) is 2.79. The highest BCUT2D eigenvalue weighted by atomic mass is 16.5. The van der Waals surface area contributed by atoms with Crippen LogP contribution in [0.4, 0.5) is 0 Å². The lowest BCUT2D eigenvalue weighted by Crippen LogP contribution is -2.21. The number of methoxy groups -OCH3 is 1. The molecule has 1 aliphatic rings. The molecule has 0 saturated heterocycles. The van der Waals surface area contributed by atoms with Crippen LogP contribution in [0.5, 0.6) is 5.75 Å². The van der Waals surface area contributed by atoms with Crippen molar-refractivity contribution in [1.29, 1.82) is 0 Å². The second-order valence-corrected chi connectivity index (χ2v) is 4.22. The van der Waals surface area contributed by atoms with E-state index in [-0.39, 0.29) is 6.02 Å². The summed E-state index contributed by atoms with van der Waals surface area (Å²) in [5, 5.41) is 0. The molecule has 1 aromatic carbocycles. The van der Waals surface area contributed by atoms with Crippen molar-refractivity contribution >= 4 is 6.02 Å². The Labute approximate surface area is 95.1 Å². The highest BCUT2D eigenvalue weighted by Gasteiger charge is 2.35. The number of aryl methyl sites for hydroxylation is 1. The van der Waals surface area contributed by atoms with Crippen molar-refractivity contribution in [1.82, 2.24) is 0 Å². The first-order chi connectivity index (χ1) is 7.55.